The van der Waals surface area contributed by atoms with Crippen LogP contribution in [0.4, 0.5) is 0 Å². The van der Waals surface area contributed by atoms with Crippen LogP contribution in [0.1, 0.15) is 26.2 Å². The van der Waals surface area contributed by atoms with Crippen molar-refractivity contribution in [1.29, 1.82) is 0 Å². The SMILES string of the molecule is CCOC(CN)CCN1CCN(C2CC2)CC1. The molecule has 0 radical (unpaired) electrons. The maximum atomic E-state index is 5.69. The van der Waals surface area contributed by atoms with Crippen LogP contribution in [0.3, 0.4) is 0 Å². The van der Waals surface area contributed by atoms with Gasteiger partial charge in [-0.15, -0.1) is 0 Å². The van der Waals surface area contributed by atoms with Crippen LogP contribution in [0.25, 0.3) is 0 Å². The topological polar surface area (TPSA) is 41.7 Å². The number of hydrogen-bond acceptors (Lipinski definition) is 4. The highest BCUT2D eigenvalue weighted by Gasteiger charge is 2.31. The summed E-state index contributed by atoms with van der Waals surface area (Å²) in [7, 11) is 0. The van der Waals surface area contributed by atoms with Gasteiger partial charge in [-0.05, 0) is 26.2 Å². The molecule has 100 valence electrons. The Morgan fingerprint density at radius 2 is 1.94 bits per heavy atom. The van der Waals surface area contributed by atoms with Crippen LogP contribution in [0, 0.1) is 0 Å². The van der Waals surface area contributed by atoms with Crippen LogP contribution in [0.2, 0.25) is 0 Å². The lowest BCUT2D eigenvalue weighted by molar-refractivity contribution is 0.0467. The van der Waals surface area contributed by atoms with E-state index in [0.717, 1.165) is 25.6 Å². The van der Waals surface area contributed by atoms with Crippen LogP contribution in [-0.4, -0.2) is 67.8 Å². The second-order valence-electron chi connectivity index (χ2n) is 5.21. The molecule has 2 fully saturated rings. The van der Waals surface area contributed by atoms with E-state index in [1.54, 1.807) is 0 Å². The summed E-state index contributed by atoms with van der Waals surface area (Å²) in [6.07, 6.45) is 4.19. The first-order chi connectivity index (χ1) is 8.33. The lowest BCUT2D eigenvalue weighted by Crippen LogP contribution is -2.48. The highest BCUT2D eigenvalue weighted by Crippen LogP contribution is 2.27. The molecule has 0 aromatic carbocycles. The quantitative estimate of drug-likeness (QED) is 0.705. The monoisotopic (exact) mass is 241 g/mol. The highest BCUT2D eigenvalue weighted by molar-refractivity contribution is 4.87. The Morgan fingerprint density at radius 3 is 2.47 bits per heavy atom. The Hall–Kier alpha value is -0.160. The van der Waals surface area contributed by atoms with E-state index < -0.39 is 0 Å². The predicted molar refractivity (Wildman–Crippen MR) is 70.1 cm³/mol. The smallest absolute Gasteiger partial charge is 0.0709 e. The standard InChI is InChI=1S/C13H27N3O/c1-2-17-13(11-14)5-6-15-7-9-16(10-8-15)12-3-4-12/h12-13H,2-11,14H2,1H3. The van der Waals surface area contributed by atoms with Crippen molar-refractivity contribution >= 4 is 0 Å². The second-order valence-corrected chi connectivity index (χ2v) is 5.21. The zero-order chi connectivity index (χ0) is 12.1. The van der Waals surface area contributed by atoms with Gasteiger partial charge in [0.15, 0.2) is 0 Å². The molecule has 0 amide bonds. The van der Waals surface area contributed by atoms with E-state index >= 15 is 0 Å². The maximum Gasteiger partial charge on any atom is 0.0709 e. The number of nitrogens with two attached hydrogens (primary N) is 1. The van der Waals surface area contributed by atoms with Crippen molar-refractivity contribution in [3.63, 3.8) is 0 Å². The fourth-order valence-corrected chi connectivity index (χ4v) is 2.62. The summed E-state index contributed by atoms with van der Waals surface area (Å²) in [5, 5.41) is 0. The van der Waals surface area contributed by atoms with Crippen molar-refractivity contribution in [3.05, 3.63) is 0 Å². The molecule has 2 N–H and O–H groups in total. The lowest BCUT2D eigenvalue weighted by Gasteiger charge is -2.35. The molecular formula is C13H27N3O. The average molecular weight is 241 g/mol. The third kappa shape index (κ3) is 4.21. The molecule has 1 saturated carbocycles. The molecule has 1 saturated heterocycles. The zero-order valence-corrected chi connectivity index (χ0v) is 11.1. The third-order valence-electron chi connectivity index (χ3n) is 3.90. The minimum atomic E-state index is 0.251. The van der Waals surface area contributed by atoms with Gasteiger partial charge in [0.05, 0.1) is 6.10 Å². The first kappa shape index (κ1) is 13.3. The first-order valence-corrected chi connectivity index (χ1v) is 7.11. The fourth-order valence-electron chi connectivity index (χ4n) is 2.62. The number of piperazine rings is 1. The van der Waals surface area contributed by atoms with Crippen molar-refractivity contribution in [2.45, 2.75) is 38.3 Å². The summed E-state index contributed by atoms with van der Waals surface area (Å²) < 4.78 is 5.59. The normalized spacial score (nSPS) is 25.1. The molecule has 1 aliphatic heterocycles. The molecule has 0 aromatic heterocycles. The minimum Gasteiger partial charge on any atom is -0.377 e. The summed E-state index contributed by atoms with van der Waals surface area (Å²) in [6.45, 7) is 9.56. The number of rotatable bonds is 7. The van der Waals surface area contributed by atoms with Gasteiger partial charge in [0, 0.05) is 51.9 Å². The Labute approximate surface area is 105 Å². The Bertz CT molecular complexity index is 213. The summed E-state index contributed by atoms with van der Waals surface area (Å²) in [5.74, 6) is 0. The summed E-state index contributed by atoms with van der Waals surface area (Å²) in [5.41, 5.74) is 5.69. The van der Waals surface area contributed by atoms with Crippen molar-refractivity contribution in [1.82, 2.24) is 9.80 Å². The van der Waals surface area contributed by atoms with Crippen LogP contribution >= 0.6 is 0 Å². The van der Waals surface area contributed by atoms with Gasteiger partial charge in [-0.25, -0.2) is 0 Å². The van der Waals surface area contributed by atoms with Crippen molar-refractivity contribution < 1.29 is 4.74 Å². The molecule has 2 rings (SSSR count). The number of ether oxygens (including phenoxy) is 1. The van der Waals surface area contributed by atoms with Crippen LogP contribution < -0.4 is 5.73 Å². The van der Waals surface area contributed by atoms with Gasteiger partial charge >= 0.3 is 0 Å². The fraction of sp³-hybridized carbons (Fsp3) is 1.00. The van der Waals surface area contributed by atoms with E-state index in [2.05, 4.69) is 9.80 Å². The van der Waals surface area contributed by atoms with E-state index in [4.69, 9.17) is 10.5 Å². The molecule has 1 unspecified atom stereocenters. The molecule has 17 heavy (non-hydrogen) atoms. The van der Waals surface area contributed by atoms with Gasteiger partial charge in [-0.2, -0.15) is 0 Å². The Kier molecular flexibility index (Phi) is 5.22. The van der Waals surface area contributed by atoms with E-state index in [9.17, 15) is 0 Å². The minimum absolute atomic E-state index is 0.251. The molecule has 4 nitrogen and oxygen atoms in total. The van der Waals surface area contributed by atoms with Crippen LogP contribution in [0.15, 0.2) is 0 Å². The van der Waals surface area contributed by atoms with Gasteiger partial charge in [-0.1, -0.05) is 0 Å². The molecule has 1 aliphatic carbocycles. The summed E-state index contributed by atoms with van der Waals surface area (Å²) >= 11 is 0. The number of hydrogen-bond donors (Lipinski definition) is 1. The summed E-state index contributed by atoms with van der Waals surface area (Å²) in [4.78, 5) is 5.21. The van der Waals surface area contributed by atoms with Crippen molar-refractivity contribution in [2.75, 3.05) is 45.9 Å². The van der Waals surface area contributed by atoms with E-state index in [-0.39, 0.29) is 6.10 Å². The zero-order valence-electron chi connectivity index (χ0n) is 11.1. The highest BCUT2D eigenvalue weighted by atomic mass is 16.5. The molecule has 4 heteroatoms. The van der Waals surface area contributed by atoms with E-state index in [0.29, 0.717) is 6.54 Å². The summed E-state index contributed by atoms with van der Waals surface area (Å²) in [6, 6.07) is 0.928. The second kappa shape index (κ2) is 6.69. The first-order valence-electron chi connectivity index (χ1n) is 7.11. The van der Waals surface area contributed by atoms with Gasteiger partial charge in [0.1, 0.15) is 0 Å². The third-order valence-corrected chi connectivity index (χ3v) is 3.90. The predicted octanol–water partition coefficient (Wildman–Crippen LogP) is 0.520. The molecule has 0 aromatic rings. The maximum absolute atomic E-state index is 5.69. The Balaban J connectivity index is 1.60. The molecular weight excluding hydrogens is 214 g/mol. The van der Waals surface area contributed by atoms with Crippen LogP contribution in [0.5, 0.6) is 0 Å². The number of nitrogens with zero attached hydrogens (tertiary/aromatic N) is 2. The van der Waals surface area contributed by atoms with Gasteiger partial charge in [0.2, 0.25) is 0 Å². The van der Waals surface area contributed by atoms with Gasteiger partial charge < -0.3 is 15.4 Å². The molecule has 0 bridgehead atoms. The average Bonchev–Trinajstić information content (AvgIpc) is 3.19. The van der Waals surface area contributed by atoms with E-state index in [1.807, 2.05) is 6.92 Å². The van der Waals surface area contributed by atoms with Gasteiger partial charge in [-0.3, -0.25) is 4.90 Å². The largest absolute Gasteiger partial charge is 0.377 e. The molecule has 1 heterocycles. The van der Waals surface area contributed by atoms with Gasteiger partial charge in [0.25, 0.3) is 0 Å². The Morgan fingerprint density at radius 1 is 1.24 bits per heavy atom. The van der Waals surface area contributed by atoms with Crippen molar-refractivity contribution in [2.24, 2.45) is 5.73 Å². The van der Waals surface area contributed by atoms with Crippen LogP contribution in [-0.2, 0) is 4.74 Å². The molecule has 0 spiro atoms. The van der Waals surface area contributed by atoms with E-state index in [1.165, 1.54) is 39.0 Å². The molecule has 1 atom stereocenters. The molecule has 2 aliphatic rings. The lowest BCUT2D eigenvalue weighted by atomic mass is 10.2. The van der Waals surface area contributed by atoms with Crippen molar-refractivity contribution in [3.8, 4) is 0 Å².